The molecule has 1 aromatic rings. The molecular weight excluding hydrogens is 1290 g/mol. The minimum atomic E-state index is -4.74. The van der Waals surface area contributed by atoms with E-state index in [9.17, 15) is 65.9 Å². The number of ether oxygens (including phenoxy) is 1. The minimum Gasteiger partial charge on any atom is -0.378 e. The molecule has 4 heterocycles. The number of carbonyl (C=O) groups excluding carboxylic acids is 12. The molecule has 4 saturated heterocycles. The highest BCUT2D eigenvalue weighted by molar-refractivity contribution is 6.31. The third kappa shape index (κ3) is 19.4. The Bertz CT molecular complexity index is 3020. The van der Waals surface area contributed by atoms with Crippen molar-refractivity contribution < 1.29 is 75.4 Å². The van der Waals surface area contributed by atoms with Crippen LogP contribution < -0.4 is 16.0 Å². The van der Waals surface area contributed by atoms with Gasteiger partial charge < -0.3 is 64.8 Å². The standard InChI is InChI=1S/C68H104ClF3N12O13/c1-14-41(4)56-66(95)78(10)44(7)61(90)84-32-29-51(84)63(92)79(11)52(38-45-21-16-15-17-22-45)64(93)77(9)43(6)58(87)74-49(28-26-46-25-27-47(48(69)37-46)68(70,71)72)62(91)83-31-20-23-50(83)60(89)73-30-19-18-24-54(85)81(13)57(40(2)3)67(96)80(12)53(65(94)82-33-35-97-36-34-82)39-55(86)76(8)42(5)59(88)75-56/h25,27,37,40-45,49-53,56-57H,14-24,26,28-36,38-39H2,1-13H3,(H,73,89)(H,74,87)(H,75,88)/t41-,42-,43+,44-,49-,50-,51-,52-,53-,56-,57-/m0/s1. The Balaban J connectivity index is 1.33. The summed E-state index contributed by atoms with van der Waals surface area (Å²) in [4.78, 5) is 186. The number of aryl methyl sites for hydroxylation is 1. The molecule has 542 valence electrons. The molecule has 0 bridgehead atoms. The normalized spacial score (nSPS) is 28.1. The lowest BCUT2D eigenvalue weighted by Gasteiger charge is -2.45. The second-order valence-corrected chi connectivity index (χ2v) is 27.9. The van der Waals surface area contributed by atoms with Crippen molar-refractivity contribution in [3.63, 3.8) is 0 Å². The summed E-state index contributed by atoms with van der Waals surface area (Å²) in [6, 6.07) is -8.74. The molecule has 5 aliphatic rings. The van der Waals surface area contributed by atoms with Crippen LogP contribution in [-0.2, 0) is 74.9 Å². The van der Waals surface area contributed by atoms with Crippen LogP contribution in [0.15, 0.2) is 18.2 Å². The van der Waals surface area contributed by atoms with Crippen LogP contribution in [0.25, 0.3) is 0 Å². The van der Waals surface area contributed by atoms with E-state index in [1.54, 1.807) is 20.8 Å². The topological polar surface area (TPSA) is 279 Å². The number of benzene rings is 1. The summed E-state index contributed by atoms with van der Waals surface area (Å²) < 4.78 is 46.8. The molecule has 29 heteroatoms. The van der Waals surface area contributed by atoms with Gasteiger partial charge in [-0.25, -0.2) is 0 Å². The zero-order chi connectivity index (χ0) is 72.1. The molecule has 5 fully saturated rings. The fourth-order valence-electron chi connectivity index (χ4n) is 13.6. The average molecular weight is 1390 g/mol. The summed E-state index contributed by atoms with van der Waals surface area (Å²) in [6.45, 7) is 12.6. The van der Waals surface area contributed by atoms with Crippen LogP contribution in [0, 0.1) is 17.8 Å². The highest BCUT2D eigenvalue weighted by atomic mass is 35.5. The number of alkyl halides is 3. The van der Waals surface area contributed by atoms with Gasteiger partial charge >= 0.3 is 6.18 Å². The predicted octanol–water partition coefficient (Wildman–Crippen LogP) is 4.10. The van der Waals surface area contributed by atoms with Crippen LogP contribution in [0.3, 0.4) is 0 Å². The minimum absolute atomic E-state index is 0.0227. The van der Waals surface area contributed by atoms with Crippen molar-refractivity contribution in [3.8, 4) is 0 Å². The summed E-state index contributed by atoms with van der Waals surface area (Å²) in [5.41, 5.74) is -0.739. The zero-order valence-electron chi connectivity index (χ0n) is 58.8. The maximum absolute atomic E-state index is 15.1. The molecular formula is C68H104ClF3N12O13. The molecule has 4 aliphatic heterocycles. The number of amides is 12. The molecule has 3 N–H and O–H groups in total. The largest absolute Gasteiger partial charge is 0.417 e. The maximum atomic E-state index is 15.1. The van der Waals surface area contributed by atoms with E-state index >= 15 is 4.79 Å². The highest BCUT2D eigenvalue weighted by Crippen LogP contribution is 2.36. The molecule has 0 radical (unpaired) electrons. The van der Waals surface area contributed by atoms with E-state index in [1.165, 1.54) is 108 Å². The van der Waals surface area contributed by atoms with Crippen LogP contribution in [0.2, 0.25) is 5.02 Å². The molecule has 0 spiro atoms. The number of rotatable bonds is 9. The Kier molecular flexibility index (Phi) is 28.5. The van der Waals surface area contributed by atoms with Crippen LogP contribution >= 0.6 is 11.6 Å². The summed E-state index contributed by atoms with van der Waals surface area (Å²) >= 11 is 6.11. The lowest BCUT2D eigenvalue weighted by Crippen LogP contribution is -2.65. The van der Waals surface area contributed by atoms with Crippen LogP contribution in [0.4, 0.5) is 13.2 Å². The van der Waals surface area contributed by atoms with Gasteiger partial charge in [0.25, 0.3) is 0 Å². The lowest BCUT2D eigenvalue weighted by atomic mass is 9.84. The van der Waals surface area contributed by atoms with Crippen molar-refractivity contribution in [3.05, 3.63) is 34.3 Å². The fourth-order valence-corrected chi connectivity index (χ4v) is 13.9. The quantitative estimate of drug-likeness (QED) is 0.315. The Morgan fingerprint density at radius 1 is 0.619 bits per heavy atom. The Labute approximate surface area is 573 Å². The maximum Gasteiger partial charge on any atom is 0.417 e. The summed E-state index contributed by atoms with van der Waals surface area (Å²) in [6.07, 6.45) is 0.846. The highest BCUT2D eigenvalue weighted by Gasteiger charge is 2.47. The first-order valence-corrected chi connectivity index (χ1v) is 34.8. The van der Waals surface area contributed by atoms with E-state index in [-0.39, 0.29) is 96.8 Å². The molecule has 1 aromatic carbocycles. The van der Waals surface area contributed by atoms with E-state index in [1.807, 2.05) is 6.92 Å². The van der Waals surface area contributed by atoms with Crippen molar-refractivity contribution in [1.29, 1.82) is 0 Å². The molecule has 97 heavy (non-hydrogen) atoms. The van der Waals surface area contributed by atoms with Crippen molar-refractivity contribution in [2.45, 2.75) is 218 Å². The molecule has 0 aromatic heterocycles. The zero-order valence-corrected chi connectivity index (χ0v) is 59.6. The first-order valence-electron chi connectivity index (χ1n) is 34.4. The van der Waals surface area contributed by atoms with Gasteiger partial charge in [-0.3, -0.25) is 57.5 Å². The van der Waals surface area contributed by atoms with Gasteiger partial charge in [-0.05, 0) is 108 Å². The van der Waals surface area contributed by atoms with Gasteiger partial charge in [-0.1, -0.05) is 83.9 Å². The number of fused-ring (bicyclic) bond motifs is 2. The number of hydrogen-bond donors (Lipinski definition) is 3. The van der Waals surface area contributed by atoms with Crippen molar-refractivity contribution in [2.24, 2.45) is 17.8 Å². The number of hydrogen-bond acceptors (Lipinski definition) is 13. The van der Waals surface area contributed by atoms with Crippen LogP contribution in [0.1, 0.15) is 156 Å². The number of nitrogens with one attached hydrogen (secondary N) is 3. The second kappa shape index (κ2) is 35.1. The summed E-state index contributed by atoms with van der Waals surface area (Å²) in [5, 5.41) is 7.91. The molecule has 6 rings (SSSR count). The van der Waals surface area contributed by atoms with E-state index in [2.05, 4.69) is 16.0 Å². The third-order valence-corrected chi connectivity index (χ3v) is 21.1. The number of carbonyl (C=O) groups is 12. The van der Waals surface area contributed by atoms with Crippen molar-refractivity contribution in [2.75, 3.05) is 88.2 Å². The van der Waals surface area contributed by atoms with Crippen LogP contribution in [-0.4, -0.2) is 264 Å². The van der Waals surface area contributed by atoms with E-state index in [0.717, 1.165) is 49.1 Å². The van der Waals surface area contributed by atoms with Gasteiger partial charge in [0.1, 0.15) is 60.4 Å². The first-order chi connectivity index (χ1) is 45.6. The molecule has 11 atom stereocenters. The summed E-state index contributed by atoms with van der Waals surface area (Å²) in [7, 11) is 8.53. The molecule has 25 nitrogen and oxygen atoms in total. The Morgan fingerprint density at radius 3 is 1.84 bits per heavy atom. The van der Waals surface area contributed by atoms with Crippen molar-refractivity contribution in [1.82, 2.24) is 60.0 Å². The number of halogens is 4. The predicted molar refractivity (Wildman–Crippen MR) is 354 cm³/mol. The fraction of sp³-hybridized carbons (Fsp3) is 0.735. The second-order valence-electron chi connectivity index (χ2n) is 27.5. The number of morpholine rings is 1. The van der Waals surface area contributed by atoms with Gasteiger partial charge in [0, 0.05) is 81.4 Å². The van der Waals surface area contributed by atoms with Gasteiger partial charge in [-0.15, -0.1) is 0 Å². The van der Waals surface area contributed by atoms with Crippen molar-refractivity contribution >= 4 is 82.5 Å². The smallest absolute Gasteiger partial charge is 0.378 e. The van der Waals surface area contributed by atoms with Gasteiger partial charge in [-0.2, -0.15) is 13.2 Å². The van der Waals surface area contributed by atoms with Crippen LogP contribution in [0.5, 0.6) is 0 Å². The molecule has 1 aliphatic carbocycles. The molecule has 12 amide bonds. The molecule has 0 unspecified atom stereocenters. The van der Waals surface area contributed by atoms with E-state index < -0.39 is 166 Å². The summed E-state index contributed by atoms with van der Waals surface area (Å²) in [5.74, 6) is -8.27. The van der Waals surface area contributed by atoms with Gasteiger partial charge in [0.15, 0.2) is 0 Å². The Hall–Kier alpha value is -7.10. The van der Waals surface area contributed by atoms with E-state index in [0.29, 0.717) is 24.8 Å². The average Bonchev–Trinajstić information content (AvgIpc) is 1.19. The van der Waals surface area contributed by atoms with Gasteiger partial charge in [0.05, 0.1) is 30.2 Å². The Morgan fingerprint density at radius 2 is 1.24 bits per heavy atom. The molecule has 1 saturated carbocycles. The SMILES string of the molecule is CC[C@H](C)[C@@H]1NC(=O)[C@H](C)N(C)C(=O)C[C@@H](C(=O)N2CCOCC2)N(C)C(=O)[C@H](C(C)C)N(C)C(=O)CCCCNC(=O)[C@@H]2CCCN2C(=O)[C@H](CCc2ccc(C(F)(F)F)c(Cl)c2)NC(=O)[C@@H](C)N(C)C(=O)[C@H](CC2CCCCC2)N(C)C(=O)[C@@H]2CCN2C(=O)[C@H](C)N(C)C1=O. The van der Waals surface area contributed by atoms with E-state index in [4.69, 9.17) is 16.3 Å². The monoisotopic (exact) mass is 1390 g/mol. The van der Waals surface area contributed by atoms with Gasteiger partial charge in [0.2, 0.25) is 70.9 Å². The lowest BCUT2D eigenvalue weighted by molar-refractivity contribution is -0.160. The third-order valence-electron chi connectivity index (χ3n) is 20.8. The number of likely N-dealkylation sites (N-methyl/N-ethyl adjacent to an activating group) is 6. The first kappa shape index (κ1) is 78.9. The number of nitrogens with zero attached hydrogens (tertiary/aromatic N) is 9.